The van der Waals surface area contributed by atoms with Crippen LogP contribution in [0.5, 0.6) is 11.5 Å². The molecule has 0 saturated carbocycles. The third-order valence-electron chi connectivity index (χ3n) is 4.13. The van der Waals surface area contributed by atoms with Crippen LogP contribution in [0.4, 0.5) is 0 Å². The monoisotopic (exact) mass is 414 g/mol. The minimum Gasteiger partial charge on any atom is -0.493 e. The number of hydrogen-bond donors (Lipinski definition) is 1. The van der Waals surface area contributed by atoms with Gasteiger partial charge in [-0.05, 0) is 48.4 Å². The number of benzene rings is 2. The molecule has 0 atom stereocenters. The predicted octanol–water partition coefficient (Wildman–Crippen LogP) is 5.12. The Hall–Kier alpha value is -2.94. The minimum atomic E-state index is -0.420. The third-order valence-corrected chi connectivity index (χ3v) is 4.87. The molecule has 0 spiro atoms. The number of rotatable bonds is 5. The van der Waals surface area contributed by atoms with Gasteiger partial charge in [-0.15, -0.1) is 0 Å². The van der Waals surface area contributed by atoms with E-state index in [1.165, 1.54) is 7.11 Å². The zero-order chi connectivity index (χ0) is 20.3. The first-order valence-electron chi connectivity index (χ1n) is 8.32. The lowest BCUT2D eigenvalue weighted by molar-refractivity contribution is 0.284. The second-order valence-corrected chi connectivity index (χ2v) is 6.90. The van der Waals surface area contributed by atoms with Gasteiger partial charge in [0.15, 0.2) is 11.5 Å². The van der Waals surface area contributed by atoms with Gasteiger partial charge in [-0.1, -0.05) is 35.3 Å². The van der Waals surface area contributed by atoms with Crippen molar-refractivity contribution in [2.45, 2.75) is 13.5 Å². The summed E-state index contributed by atoms with van der Waals surface area (Å²) in [5, 5.41) is 10.3. The van der Waals surface area contributed by atoms with Crippen LogP contribution in [-0.4, -0.2) is 12.1 Å². The number of halogens is 2. The number of pyridine rings is 1. The summed E-state index contributed by atoms with van der Waals surface area (Å²) < 4.78 is 11.3. The number of aryl methyl sites for hydroxylation is 1. The zero-order valence-corrected chi connectivity index (χ0v) is 16.7. The molecule has 3 rings (SSSR count). The maximum absolute atomic E-state index is 12.0. The molecule has 7 heteroatoms. The first kappa shape index (κ1) is 19.8. The van der Waals surface area contributed by atoms with Crippen molar-refractivity contribution < 1.29 is 9.47 Å². The summed E-state index contributed by atoms with van der Waals surface area (Å²) in [6.07, 6.45) is 0. The smallest absolute Gasteiger partial charge is 0.266 e. The first-order valence-corrected chi connectivity index (χ1v) is 9.07. The molecule has 142 valence electrons. The van der Waals surface area contributed by atoms with Crippen LogP contribution >= 0.6 is 23.2 Å². The van der Waals surface area contributed by atoms with Crippen molar-refractivity contribution in [3.8, 4) is 28.7 Å². The molecular formula is C21H16Cl2N2O3. The van der Waals surface area contributed by atoms with Crippen molar-refractivity contribution in [1.82, 2.24) is 4.98 Å². The van der Waals surface area contributed by atoms with Gasteiger partial charge >= 0.3 is 0 Å². The van der Waals surface area contributed by atoms with E-state index in [0.29, 0.717) is 38.4 Å². The Labute approximate surface area is 172 Å². The van der Waals surface area contributed by atoms with Crippen LogP contribution in [-0.2, 0) is 6.61 Å². The largest absolute Gasteiger partial charge is 0.493 e. The Bertz CT molecular complexity index is 1130. The summed E-state index contributed by atoms with van der Waals surface area (Å²) in [6.45, 7) is 2.04. The number of nitrogens with zero attached hydrogens (tertiary/aromatic N) is 1. The predicted molar refractivity (Wildman–Crippen MR) is 109 cm³/mol. The van der Waals surface area contributed by atoms with E-state index in [-0.39, 0.29) is 12.2 Å². The fourth-order valence-electron chi connectivity index (χ4n) is 2.77. The molecule has 0 amide bonds. The number of methoxy groups -OCH3 is 1. The second-order valence-electron chi connectivity index (χ2n) is 6.08. The van der Waals surface area contributed by atoms with Gasteiger partial charge in [0.2, 0.25) is 0 Å². The highest BCUT2D eigenvalue weighted by molar-refractivity contribution is 6.42. The van der Waals surface area contributed by atoms with Gasteiger partial charge in [-0.3, -0.25) is 4.79 Å². The number of nitriles is 1. The van der Waals surface area contributed by atoms with Crippen LogP contribution in [0.3, 0.4) is 0 Å². The molecule has 28 heavy (non-hydrogen) atoms. The fraction of sp³-hybridized carbons (Fsp3) is 0.143. The summed E-state index contributed by atoms with van der Waals surface area (Å²) in [7, 11) is 1.53. The van der Waals surface area contributed by atoms with E-state index in [9.17, 15) is 10.1 Å². The highest BCUT2D eigenvalue weighted by Crippen LogP contribution is 2.34. The van der Waals surface area contributed by atoms with Crippen LogP contribution in [0.2, 0.25) is 10.0 Å². The summed E-state index contributed by atoms with van der Waals surface area (Å²) in [4.78, 5) is 14.7. The van der Waals surface area contributed by atoms with Crippen LogP contribution in [0.25, 0.3) is 11.1 Å². The van der Waals surface area contributed by atoms with E-state index < -0.39 is 5.56 Å². The van der Waals surface area contributed by atoms with Gasteiger partial charge in [0.05, 0.1) is 17.2 Å². The van der Waals surface area contributed by atoms with E-state index >= 15 is 0 Å². The van der Waals surface area contributed by atoms with E-state index in [0.717, 1.165) is 5.56 Å². The van der Waals surface area contributed by atoms with Crippen LogP contribution < -0.4 is 15.0 Å². The lowest BCUT2D eigenvalue weighted by atomic mass is 10.0. The number of aromatic amines is 1. The van der Waals surface area contributed by atoms with Crippen molar-refractivity contribution >= 4 is 23.2 Å². The molecule has 3 aromatic rings. The van der Waals surface area contributed by atoms with E-state index in [4.69, 9.17) is 32.7 Å². The zero-order valence-electron chi connectivity index (χ0n) is 15.2. The minimum absolute atomic E-state index is 0.0529. The molecule has 0 bridgehead atoms. The highest BCUT2D eigenvalue weighted by Gasteiger charge is 2.13. The van der Waals surface area contributed by atoms with Crippen LogP contribution in [0, 0.1) is 18.3 Å². The molecule has 0 aliphatic heterocycles. The normalized spacial score (nSPS) is 10.4. The van der Waals surface area contributed by atoms with E-state index in [2.05, 4.69) is 4.98 Å². The first-order chi connectivity index (χ1) is 13.4. The molecule has 1 heterocycles. The van der Waals surface area contributed by atoms with Gasteiger partial charge in [-0.25, -0.2) is 0 Å². The summed E-state index contributed by atoms with van der Waals surface area (Å²) in [5.74, 6) is 1.01. The number of hydrogen-bond acceptors (Lipinski definition) is 4. The Kier molecular flexibility index (Phi) is 5.93. The standard InChI is InChI=1S/C21H16Cl2N2O3/c1-12-7-15(16(10-24)21(26)25-12)14-4-6-19(20(9-14)27-2)28-11-13-3-5-17(22)18(23)8-13/h3-9H,11H2,1-2H3,(H,25,26). The van der Waals surface area contributed by atoms with Crippen molar-refractivity contribution in [1.29, 1.82) is 5.26 Å². The van der Waals surface area contributed by atoms with Crippen molar-refractivity contribution in [3.63, 3.8) is 0 Å². The molecule has 0 unspecified atom stereocenters. The van der Waals surface area contributed by atoms with Gasteiger partial charge < -0.3 is 14.5 Å². The van der Waals surface area contributed by atoms with Gasteiger partial charge in [0.25, 0.3) is 5.56 Å². The summed E-state index contributed by atoms with van der Waals surface area (Å²) >= 11 is 12.0. The van der Waals surface area contributed by atoms with Crippen molar-refractivity contribution in [3.05, 3.63) is 79.7 Å². The molecule has 0 radical (unpaired) electrons. The number of H-pyrrole nitrogens is 1. The Balaban J connectivity index is 1.92. The van der Waals surface area contributed by atoms with E-state index in [1.807, 2.05) is 12.1 Å². The highest BCUT2D eigenvalue weighted by atomic mass is 35.5. The average Bonchev–Trinajstić information content (AvgIpc) is 2.68. The topological polar surface area (TPSA) is 75.1 Å². The molecule has 0 saturated heterocycles. The molecule has 5 nitrogen and oxygen atoms in total. The summed E-state index contributed by atoms with van der Waals surface area (Å²) in [6, 6.07) is 14.2. The van der Waals surface area contributed by atoms with E-state index in [1.54, 1.807) is 43.3 Å². The molecular weight excluding hydrogens is 399 g/mol. The fourth-order valence-corrected chi connectivity index (χ4v) is 3.09. The molecule has 0 aliphatic rings. The van der Waals surface area contributed by atoms with Gasteiger partial charge in [0.1, 0.15) is 18.2 Å². The lowest BCUT2D eigenvalue weighted by Crippen LogP contribution is -2.12. The van der Waals surface area contributed by atoms with Crippen LogP contribution in [0.15, 0.2) is 47.3 Å². The SMILES string of the molecule is COc1cc(-c2cc(C)[nH]c(=O)c2C#N)ccc1OCc1ccc(Cl)c(Cl)c1. The summed E-state index contributed by atoms with van der Waals surface area (Å²) in [5.41, 5.74) is 2.38. The maximum Gasteiger partial charge on any atom is 0.266 e. The Morgan fingerprint density at radius 3 is 2.54 bits per heavy atom. The molecule has 0 fully saturated rings. The number of aromatic nitrogens is 1. The van der Waals surface area contributed by atoms with Gasteiger partial charge in [0, 0.05) is 11.3 Å². The van der Waals surface area contributed by atoms with Crippen LogP contribution in [0.1, 0.15) is 16.8 Å². The Morgan fingerprint density at radius 2 is 1.86 bits per heavy atom. The number of ether oxygens (including phenoxy) is 2. The van der Waals surface area contributed by atoms with Crippen molar-refractivity contribution in [2.24, 2.45) is 0 Å². The lowest BCUT2D eigenvalue weighted by Gasteiger charge is -2.13. The Morgan fingerprint density at radius 1 is 1.07 bits per heavy atom. The maximum atomic E-state index is 12.0. The molecule has 1 aromatic heterocycles. The van der Waals surface area contributed by atoms with Crippen molar-refractivity contribution in [2.75, 3.05) is 7.11 Å². The average molecular weight is 415 g/mol. The molecule has 1 N–H and O–H groups in total. The second kappa shape index (κ2) is 8.39. The van der Waals surface area contributed by atoms with Gasteiger partial charge in [-0.2, -0.15) is 5.26 Å². The number of nitrogens with one attached hydrogen (secondary N) is 1. The quantitative estimate of drug-likeness (QED) is 0.628. The molecule has 2 aromatic carbocycles. The third kappa shape index (κ3) is 4.14. The molecule has 0 aliphatic carbocycles.